The molecule has 23 heavy (non-hydrogen) atoms. The molecule has 0 aliphatic heterocycles. The van der Waals surface area contributed by atoms with Gasteiger partial charge in [0.15, 0.2) is 0 Å². The van der Waals surface area contributed by atoms with Crippen LogP contribution in [0.1, 0.15) is 44.1 Å². The molecule has 0 bridgehead atoms. The number of carbonyl (C=O) groups excluding carboxylic acids is 1. The minimum absolute atomic E-state index is 0.0988. The number of amides is 2. The number of rotatable bonds is 6. The SMILES string of the molecule is Cc1cccc(NC(=O)N[C@@H](CC2CCCCC2)CN(C)C)c1. The largest absolute Gasteiger partial charge is 0.334 e. The lowest BCUT2D eigenvalue weighted by Gasteiger charge is -2.29. The molecule has 0 heterocycles. The van der Waals surface area contributed by atoms with Crippen molar-refractivity contribution < 1.29 is 4.79 Å². The zero-order valence-electron chi connectivity index (χ0n) is 14.8. The fraction of sp³-hybridized carbons (Fsp3) is 0.632. The van der Waals surface area contributed by atoms with Gasteiger partial charge in [0.25, 0.3) is 0 Å². The molecular weight excluding hydrogens is 286 g/mol. The van der Waals surface area contributed by atoms with Crippen molar-refractivity contribution in [2.75, 3.05) is 26.0 Å². The van der Waals surface area contributed by atoms with Crippen molar-refractivity contribution in [2.45, 2.75) is 51.5 Å². The fourth-order valence-corrected chi connectivity index (χ4v) is 3.52. The van der Waals surface area contributed by atoms with E-state index in [-0.39, 0.29) is 12.1 Å². The highest BCUT2D eigenvalue weighted by Crippen LogP contribution is 2.27. The van der Waals surface area contributed by atoms with Crippen LogP contribution >= 0.6 is 0 Å². The first-order chi connectivity index (χ1) is 11.0. The van der Waals surface area contributed by atoms with Crippen molar-refractivity contribution in [3.8, 4) is 0 Å². The topological polar surface area (TPSA) is 44.4 Å². The van der Waals surface area contributed by atoms with E-state index in [1.807, 2.05) is 31.2 Å². The van der Waals surface area contributed by atoms with Gasteiger partial charge in [-0.3, -0.25) is 0 Å². The average molecular weight is 317 g/mol. The van der Waals surface area contributed by atoms with Crippen molar-refractivity contribution in [1.82, 2.24) is 10.2 Å². The minimum atomic E-state index is -0.0988. The molecule has 0 unspecified atom stereocenters. The van der Waals surface area contributed by atoms with Crippen LogP contribution in [0.25, 0.3) is 0 Å². The van der Waals surface area contributed by atoms with E-state index in [9.17, 15) is 4.79 Å². The second-order valence-electron chi connectivity index (χ2n) is 7.17. The Morgan fingerprint density at radius 2 is 2.00 bits per heavy atom. The number of benzene rings is 1. The number of carbonyl (C=O) groups is 1. The first kappa shape index (κ1) is 17.8. The van der Waals surface area contributed by atoms with Gasteiger partial charge >= 0.3 is 6.03 Å². The van der Waals surface area contributed by atoms with Crippen LogP contribution in [0.3, 0.4) is 0 Å². The second kappa shape index (κ2) is 8.92. The fourth-order valence-electron chi connectivity index (χ4n) is 3.52. The molecule has 1 fully saturated rings. The summed E-state index contributed by atoms with van der Waals surface area (Å²) in [6.45, 7) is 2.92. The van der Waals surface area contributed by atoms with Crippen LogP contribution in [0.4, 0.5) is 10.5 Å². The number of urea groups is 1. The van der Waals surface area contributed by atoms with Crippen LogP contribution in [-0.2, 0) is 0 Å². The lowest BCUT2D eigenvalue weighted by molar-refractivity contribution is 0.231. The third-order valence-corrected chi connectivity index (χ3v) is 4.54. The summed E-state index contributed by atoms with van der Waals surface area (Å²) in [5, 5.41) is 6.13. The maximum atomic E-state index is 12.3. The van der Waals surface area contributed by atoms with Crippen LogP contribution in [0.5, 0.6) is 0 Å². The summed E-state index contributed by atoms with van der Waals surface area (Å²) in [6, 6.07) is 8.01. The Balaban J connectivity index is 1.89. The quantitative estimate of drug-likeness (QED) is 0.832. The van der Waals surface area contributed by atoms with E-state index in [1.165, 1.54) is 32.1 Å². The third kappa shape index (κ3) is 6.61. The smallest absolute Gasteiger partial charge is 0.319 e. The monoisotopic (exact) mass is 317 g/mol. The number of hydrogen-bond donors (Lipinski definition) is 2. The number of nitrogens with one attached hydrogen (secondary N) is 2. The Bertz CT molecular complexity index is 495. The van der Waals surface area contributed by atoms with Crippen molar-refractivity contribution in [2.24, 2.45) is 5.92 Å². The van der Waals surface area contributed by atoms with Crippen molar-refractivity contribution in [3.63, 3.8) is 0 Å². The molecule has 2 rings (SSSR count). The number of hydrogen-bond acceptors (Lipinski definition) is 2. The average Bonchev–Trinajstić information content (AvgIpc) is 2.47. The lowest BCUT2D eigenvalue weighted by Crippen LogP contribution is -2.44. The maximum absolute atomic E-state index is 12.3. The van der Waals surface area contributed by atoms with E-state index < -0.39 is 0 Å². The Kier molecular flexibility index (Phi) is 6.90. The molecule has 1 aliphatic rings. The van der Waals surface area contributed by atoms with Gasteiger partial charge in [0, 0.05) is 18.3 Å². The van der Waals surface area contributed by atoms with E-state index in [1.54, 1.807) is 0 Å². The first-order valence-electron chi connectivity index (χ1n) is 8.82. The molecule has 0 radical (unpaired) electrons. The van der Waals surface area contributed by atoms with Crippen LogP contribution < -0.4 is 10.6 Å². The van der Waals surface area contributed by atoms with Gasteiger partial charge in [-0.2, -0.15) is 0 Å². The molecule has 4 nitrogen and oxygen atoms in total. The zero-order chi connectivity index (χ0) is 16.7. The molecule has 0 saturated heterocycles. The van der Waals surface area contributed by atoms with E-state index in [0.29, 0.717) is 0 Å². The molecule has 2 amide bonds. The van der Waals surface area contributed by atoms with Crippen molar-refractivity contribution in [3.05, 3.63) is 29.8 Å². The van der Waals surface area contributed by atoms with Gasteiger partial charge < -0.3 is 15.5 Å². The highest BCUT2D eigenvalue weighted by Gasteiger charge is 2.21. The lowest BCUT2D eigenvalue weighted by atomic mass is 9.84. The predicted octanol–water partition coefficient (Wildman–Crippen LogP) is 4.02. The van der Waals surface area contributed by atoms with Gasteiger partial charge in [-0.25, -0.2) is 4.79 Å². The normalized spacial score (nSPS) is 17.0. The maximum Gasteiger partial charge on any atom is 0.319 e. The molecule has 128 valence electrons. The van der Waals surface area contributed by atoms with Gasteiger partial charge in [0.1, 0.15) is 0 Å². The molecule has 1 aliphatic carbocycles. The van der Waals surface area contributed by atoms with E-state index in [0.717, 1.165) is 30.1 Å². The summed E-state index contributed by atoms with van der Waals surface area (Å²) in [5.74, 6) is 0.757. The Morgan fingerprint density at radius 1 is 1.26 bits per heavy atom. The molecule has 2 N–H and O–H groups in total. The van der Waals surface area contributed by atoms with Crippen LogP contribution in [0, 0.1) is 12.8 Å². The van der Waals surface area contributed by atoms with Crippen molar-refractivity contribution in [1.29, 1.82) is 0 Å². The highest BCUT2D eigenvalue weighted by atomic mass is 16.2. The van der Waals surface area contributed by atoms with Gasteiger partial charge in [-0.1, -0.05) is 44.2 Å². The molecule has 1 aromatic rings. The van der Waals surface area contributed by atoms with Gasteiger partial charge in [0.05, 0.1) is 0 Å². The van der Waals surface area contributed by atoms with E-state index >= 15 is 0 Å². The molecule has 1 atom stereocenters. The third-order valence-electron chi connectivity index (χ3n) is 4.54. The Morgan fingerprint density at radius 3 is 2.65 bits per heavy atom. The highest BCUT2D eigenvalue weighted by molar-refractivity contribution is 5.89. The molecule has 0 spiro atoms. The van der Waals surface area contributed by atoms with Crippen molar-refractivity contribution >= 4 is 11.7 Å². The first-order valence-corrected chi connectivity index (χ1v) is 8.82. The number of nitrogens with zero attached hydrogens (tertiary/aromatic N) is 1. The molecule has 4 heteroatoms. The summed E-state index contributed by atoms with van der Waals surface area (Å²) in [6.07, 6.45) is 7.76. The molecule has 0 aromatic heterocycles. The summed E-state index contributed by atoms with van der Waals surface area (Å²) in [7, 11) is 4.13. The summed E-state index contributed by atoms with van der Waals surface area (Å²) < 4.78 is 0. The van der Waals surface area contributed by atoms with E-state index in [4.69, 9.17) is 0 Å². The van der Waals surface area contributed by atoms with E-state index in [2.05, 4.69) is 29.6 Å². The predicted molar refractivity (Wildman–Crippen MR) is 96.9 cm³/mol. The zero-order valence-corrected chi connectivity index (χ0v) is 14.8. The van der Waals surface area contributed by atoms with Gasteiger partial charge in [-0.15, -0.1) is 0 Å². The number of aryl methyl sites for hydroxylation is 1. The standard InChI is InChI=1S/C19H31N3O/c1-15-8-7-11-17(12-15)20-19(23)21-18(14-22(2)3)13-16-9-5-4-6-10-16/h7-8,11-12,16,18H,4-6,9-10,13-14H2,1-3H3,(H2,20,21,23)/t18-/m0/s1. The molecule has 1 aromatic carbocycles. The Hall–Kier alpha value is -1.55. The number of likely N-dealkylation sites (N-methyl/N-ethyl adjacent to an activating group) is 1. The van der Waals surface area contributed by atoms with Crippen LogP contribution in [0.2, 0.25) is 0 Å². The van der Waals surface area contributed by atoms with Gasteiger partial charge in [-0.05, 0) is 51.1 Å². The molecule has 1 saturated carbocycles. The van der Waals surface area contributed by atoms with Crippen LogP contribution in [-0.4, -0.2) is 37.6 Å². The summed E-state index contributed by atoms with van der Waals surface area (Å²) >= 11 is 0. The number of anilines is 1. The van der Waals surface area contributed by atoms with Gasteiger partial charge in [0.2, 0.25) is 0 Å². The minimum Gasteiger partial charge on any atom is -0.334 e. The molecular formula is C19H31N3O. The summed E-state index contributed by atoms with van der Waals surface area (Å²) in [4.78, 5) is 14.5. The van der Waals surface area contributed by atoms with Crippen LogP contribution in [0.15, 0.2) is 24.3 Å². The Labute approximate surface area is 140 Å². The second-order valence-corrected chi connectivity index (χ2v) is 7.17. The summed E-state index contributed by atoms with van der Waals surface area (Å²) in [5.41, 5.74) is 2.00.